The SMILES string of the molecule is CC1CC(N2C(=O)N(C)Cc3cnc4sc(-c5cnc6[nH]ncc6c5)cc4c32)CC(C)C1OCCO. The first kappa shape index (κ1) is 23.3. The van der Waals surface area contributed by atoms with Crippen LogP contribution >= 0.6 is 11.3 Å². The summed E-state index contributed by atoms with van der Waals surface area (Å²) in [6, 6.07) is 4.33. The standard InChI is InChI=1S/C26H30N6O3S/c1-14-6-19(7-15(2)23(14)35-5-4-33)32-22-18(13-31(3)26(32)34)11-28-25-20(22)9-21(36-25)16-8-17-12-29-30-24(17)27-10-16/h8-12,14-15,19,23,33H,4-7,13H2,1-3H3,(H,27,29,30). The monoisotopic (exact) mass is 506 g/mol. The number of ether oxygens (including phenoxy) is 1. The molecule has 1 saturated carbocycles. The number of nitrogens with zero attached hydrogens (tertiary/aromatic N) is 5. The molecule has 1 fully saturated rings. The fourth-order valence-corrected chi connectivity index (χ4v) is 6.97. The summed E-state index contributed by atoms with van der Waals surface area (Å²) in [6.45, 7) is 5.29. The van der Waals surface area contributed by atoms with E-state index in [1.807, 2.05) is 24.3 Å². The summed E-state index contributed by atoms with van der Waals surface area (Å²) in [6.07, 6.45) is 7.34. The number of pyridine rings is 2. The van der Waals surface area contributed by atoms with Crippen molar-refractivity contribution in [1.29, 1.82) is 0 Å². The number of rotatable bonds is 5. The summed E-state index contributed by atoms with van der Waals surface area (Å²) in [5, 5.41) is 18.2. The van der Waals surface area contributed by atoms with Gasteiger partial charge in [0.2, 0.25) is 0 Å². The van der Waals surface area contributed by atoms with Crippen LogP contribution in [0.2, 0.25) is 0 Å². The number of anilines is 1. The van der Waals surface area contributed by atoms with Crippen molar-refractivity contribution in [3.63, 3.8) is 0 Å². The van der Waals surface area contributed by atoms with E-state index in [4.69, 9.17) is 9.72 Å². The fourth-order valence-electron chi connectivity index (χ4n) is 5.98. The second-order valence-corrected chi connectivity index (χ2v) is 11.2. The maximum atomic E-state index is 13.6. The summed E-state index contributed by atoms with van der Waals surface area (Å²) >= 11 is 1.62. The number of hydrogen-bond acceptors (Lipinski definition) is 7. The van der Waals surface area contributed by atoms with Gasteiger partial charge in [0.1, 0.15) is 4.83 Å². The summed E-state index contributed by atoms with van der Waals surface area (Å²) in [5.74, 6) is 0.550. The number of carbonyl (C=O) groups is 1. The highest BCUT2D eigenvalue weighted by Gasteiger charge is 2.42. The summed E-state index contributed by atoms with van der Waals surface area (Å²) < 4.78 is 5.97. The van der Waals surface area contributed by atoms with E-state index in [1.165, 1.54) is 0 Å². The Morgan fingerprint density at radius 3 is 2.75 bits per heavy atom. The van der Waals surface area contributed by atoms with Crippen LogP contribution in [0.25, 0.3) is 31.7 Å². The first-order valence-electron chi connectivity index (χ1n) is 12.4. The smallest absolute Gasteiger partial charge is 0.324 e. The van der Waals surface area contributed by atoms with Gasteiger partial charge in [-0.1, -0.05) is 13.8 Å². The third-order valence-corrected chi connectivity index (χ3v) is 8.63. The molecular weight excluding hydrogens is 476 g/mol. The minimum Gasteiger partial charge on any atom is -0.394 e. The lowest BCUT2D eigenvalue weighted by Crippen LogP contribution is -2.54. The molecule has 0 saturated heterocycles. The molecule has 2 atom stereocenters. The Kier molecular flexibility index (Phi) is 5.89. The zero-order chi connectivity index (χ0) is 25.0. The molecule has 9 nitrogen and oxygen atoms in total. The van der Waals surface area contributed by atoms with Crippen molar-refractivity contribution in [2.45, 2.75) is 45.4 Å². The number of aromatic amines is 1. The number of aliphatic hydroxyl groups is 1. The first-order valence-corrected chi connectivity index (χ1v) is 13.2. The number of urea groups is 1. The van der Waals surface area contributed by atoms with E-state index < -0.39 is 0 Å². The second-order valence-electron chi connectivity index (χ2n) is 10.1. The first-order chi connectivity index (χ1) is 17.4. The Labute approximate surface area is 213 Å². The van der Waals surface area contributed by atoms with Crippen molar-refractivity contribution in [2.24, 2.45) is 11.8 Å². The molecule has 4 aromatic heterocycles. The quantitative estimate of drug-likeness (QED) is 0.415. The zero-order valence-electron chi connectivity index (χ0n) is 20.6. The van der Waals surface area contributed by atoms with Gasteiger partial charge in [0.15, 0.2) is 5.65 Å². The van der Waals surface area contributed by atoms with Crippen LogP contribution in [-0.4, -0.2) is 68.6 Å². The van der Waals surface area contributed by atoms with Gasteiger partial charge >= 0.3 is 6.03 Å². The number of aromatic nitrogens is 4. The molecule has 4 aromatic rings. The van der Waals surface area contributed by atoms with E-state index in [9.17, 15) is 9.90 Å². The molecule has 5 heterocycles. The lowest BCUT2D eigenvalue weighted by Gasteiger charge is -2.46. The van der Waals surface area contributed by atoms with Gasteiger partial charge in [0.25, 0.3) is 0 Å². The van der Waals surface area contributed by atoms with Gasteiger partial charge in [-0.3, -0.25) is 10.00 Å². The maximum Gasteiger partial charge on any atom is 0.324 e. The molecule has 10 heteroatoms. The number of H-pyrrole nitrogens is 1. The van der Waals surface area contributed by atoms with Gasteiger partial charge in [-0.15, -0.1) is 11.3 Å². The van der Waals surface area contributed by atoms with Gasteiger partial charge in [-0.05, 0) is 36.8 Å². The lowest BCUT2D eigenvalue weighted by molar-refractivity contribution is -0.0527. The number of amides is 2. The van der Waals surface area contributed by atoms with E-state index in [2.05, 4.69) is 41.2 Å². The highest BCUT2D eigenvalue weighted by molar-refractivity contribution is 7.22. The predicted molar refractivity (Wildman–Crippen MR) is 140 cm³/mol. The van der Waals surface area contributed by atoms with Crippen LogP contribution in [0.4, 0.5) is 10.5 Å². The van der Waals surface area contributed by atoms with Crippen LogP contribution < -0.4 is 4.90 Å². The molecule has 2 amide bonds. The Morgan fingerprint density at radius 1 is 1.17 bits per heavy atom. The summed E-state index contributed by atoms with van der Waals surface area (Å²) in [5.41, 5.74) is 3.82. The van der Waals surface area contributed by atoms with Gasteiger partial charge < -0.3 is 14.7 Å². The van der Waals surface area contributed by atoms with E-state index in [-0.39, 0.29) is 36.6 Å². The van der Waals surface area contributed by atoms with Crippen molar-refractivity contribution in [1.82, 2.24) is 25.1 Å². The zero-order valence-corrected chi connectivity index (χ0v) is 21.5. The number of thiophene rings is 1. The number of hydrogen-bond donors (Lipinski definition) is 2. The van der Waals surface area contributed by atoms with Gasteiger partial charge in [0, 0.05) is 52.3 Å². The van der Waals surface area contributed by atoms with Crippen LogP contribution in [0.1, 0.15) is 32.3 Å². The molecule has 2 unspecified atom stereocenters. The van der Waals surface area contributed by atoms with Crippen molar-refractivity contribution in [3.05, 3.63) is 36.3 Å². The van der Waals surface area contributed by atoms with Crippen molar-refractivity contribution >= 4 is 44.3 Å². The predicted octanol–water partition coefficient (Wildman–Crippen LogP) is 4.42. The van der Waals surface area contributed by atoms with Crippen LogP contribution in [0, 0.1) is 11.8 Å². The minimum atomic E-state index is 0.0245. The van der Waals surface area contributed by atoms with Crippen molar-refractivity contribution < 1.29 is 14.6 Å². The Morgan fingerprint density at radius 2 is 1.97 bits per heavy atom. The van der Waals surface area contributed by atoms with Crippen LogP contribution in [0.3, 0.4) is 0 Å². The Balaban J connectivity index is 1.41. The average Bonchev–Trinajstić information content (AvgIpc) is 3.51. The maximum absolute atomic E-state index is 13.6. The number of nitrogens with one attached hydrogen (secondary N) is 1. The lowest BCUT2D eigenvalue weighted by atomic mass is 9.77. The van der Waals surface area contributed by atoms with E-state index in [0.717, 1.165) is 55.8 Å². The molecule has 2 aliphatic rings. The fraction of sp³-hybridized carbons (Fsp3) is 0.462. The highest BCUT2D eigenvalue weighted by atomic mass is 32.1. The molecule has 0 bridgehead atoms. The molecule has 0 aromatic carbocycles. The topological polar surface area (TPSA) is 107 Å². The molecule has 6 rings (SSSR count). The van der Waals surface area contributed by atoms with E-state index in [1.54, 1.807) is 22.4 Å². The molecular formula is C26H30N6O3S. The third kappa shape index (κ3) is 3.84. The van der Waals surface area contributed by atoms with E-state index in [0.29, 0.717) is 13.2 Å². The Bertz CT molecular complexity index is 1420. The third-order valence-electron chi connectivity index (χ3n) is 7.54. The average molecular weight is 507 g/mol. The normalized spacial score (nSPS) is 24.6. The Hall–Kier alpha value is -3.08. The number of fused-ring (bicyclic) bond motifs is 4. The molecule has 2 N–H and O–H groups in total. The summed E-state index contributed by atoms with van der Waals surface area (Å²) in [7, 11) is 1.86. The van der Waals surface area contributed by atoms with Crippen LogP contribution in [0.15, 0.2) is 30.7 Å². The number of aliphatic hydroxyl groups excluding tert-OH is 1. The molecule has 1 aliphatic heterocycles. The van der Waals surface area contributed by atoms with Crippen LogP contribution in [-0.2, 0) is 11.3 Å². The molecule has 1 aliphatic carbocycles. The van der Waals surface area contributed by atoms with Gasteiger partial charge in [-0.25, -0.2) is 14.8 Å². The van der Waals surface area contributed by atoms with Gasteiger partial charge in [0.05, 0.1) is 37.7 Å². The summed E-state index contributed by atoms with van der Waals surface area (Å²) in [4.78, 5) is 28.7. The largest absolute Gasteiger partial charge is 0.394 e. The molecule has 0 spiro atoms. The van der Waals surface area contributed by atoms with E-state index >= 15 is 0 Å². The minimum absolute atomic E-state index is 0.0245. The second kappa shape index (κ2) is 9.10. The molecule has 36 heavy (non-hydrogen) atoms. The molecule has 188 valence electrons. The highest BCUT2D eigenvalue weighted by Crippen LogP contribution is 2.45. The number of carbonyl (C=O) groups excluding carboxylic acids is 1. The molecule has 0 radical (unpaired) electrons. The van der Waals surface area contributed by atoms with Crippen LogP contribution in [0.5, 0.6) is 0 Å². The van der Waals surface area contributed by atoms with Crippen molar-refractivity contribution in [2.75, 3.05) is 25.2 Å². The van der Waals surface area contributed by atoms with Gasteiger partial charge in [-0.2, -0.15) is 5.10 Å². The van der Waals surface area contributed by atoms with Crippen molar-refractivity contribution in [3.8, 4) is 10.4 Å².